The van der Waals surface area contributed by atoms with E-state index in [-0.39, 0.29) is 61.5 Å². The highest BCUT2D eigenvalue weighted by Gasteiger charge is 2.41. The average molecular weight is 1460 g/mol. The van der Waals surface area contributed by atoms with Crippen molar-refractivity contribution >= 4 is 69.4 Å². The van der Waals surface area contributed by atoms with Gasteiger partial charge in [0.1, 0.15) is 97.7 Å². The van der Waals surface area contributed by atoms with Gasteiger partial charge in [-0.1, -0.05) is 181 Å². The lowest BCUT2D eigenvalue weighted by Gasteiger charge is -2.19. The predicted molar refractivity (Wildman–Crippen MR) is 399 cm³/mol. The fourth-order valence-corrected chi connectivity index (χ4v) is 14.0. The number of imidazole rings is 6. The normalized spacial score (nSPS) is 14.8. The molecule has 7 heterocycles. The number of Topliss-reactive ketones (excluding diaryl/α,β-unsaturated/α-hetero) is 12. The van der Waals surface area contributed by atoms with Crippen molar-refractivity contribution in [2.45, 2.75) is 99.6 Å². The number of carbonyl (C=O) groups excluding carboxylic acids is 12. The highest BCUT2D eigenvalue weighted by Crippen LogP contribution is 2.41. The number of aromatic nitrogens is 12. The molecule has 546 valence electrons. The predicted octanol–water partition coefficient (Wildman–Crippen LogP) is 13.7. The molecule has 26 heteroatoms. The maximum atomic E-state index is 12.5. The first-order valence-corrected chi connectivity index (χ1v) is 34.5. The molecule has 6 aromatic heterocycles. The van der Waals surface area contributed by atoms with Crippen LogP contribution in [0.3, 0.4) is 0 Å². The van der Waals surface area contributed by atoms with Crippen LogP contribution in [-0.2, 0) is 11.2 Å². The van der Waals surface area contributed by atoms with Gasteiger partial charge in [-0.3, -0.25) is 57.5 Å². The Morgan fingerprint density at radius 2 is 0.688 bits per heavy atom. The molecule has 1 fully saturated rings. The Hall–Kier alpha value is -13.5. The summed E-state index contributed by atoms with van der Waals surface area (Å²) in [5.74, 6) is -3.01. The van der Waals surface area contributed by atoms with Crippen LogP contribution in [0, 0.1) is 0 Å². The molecule has 6 aliphatic carbocycles. The summed E-state index contributed by atoms with van der Waals surface area (Å²) in [6, 6.07) is 41.7. The van der Waals surface area contributed by atoms with Crippen molar-refractivity contribution in [1.29, 1.82) is 0 Å². The van der Waals surface area contributed by atoms with Crippen molar-refractivity contribution < 1.29 is 67.4 Å². The molecule has 0 saturated carbocycles. The van der Waals surface area contributed by atoms with E-state index in [0.717, 1.165) is 47.0 Å². The standard InChI is InChI=1S/C22H10N4O4.C16H14N2O3.C16H16N2O3.C14H12N2O2.C13H10N2O2.2CH4/c27-17-11-7-3-1-5-9(11)13-15(19(17)29)25-21(23-13)22-24-14-10-6-2-4-8-12(10)18(28)20(30)16(14)26-22;19-14-11-4-2-1-3-10(11)12-13(15(14)20)18-16(17-12)9-5-7-21-8-6-9;1-8(2)18-13-12(17-16(18)9(3)19)10-6-4-5-7-11(10)14(20)15(13)21;1-7(2)14-15-10-8-5-3-4-6-9(8)12(17)13(18)11(10)16-14;1-2-9-14-10-7-5-3-4-6-8(7)12(16)13(17)11(10)15-9;;/h1-8H,(H,23,25)(H,24,26);1-4,9H,5-8H2,(H,17,18);4-9,19H,1-3H3;3-7H,1-2H3,(H,15,16);3-6H,2H2,1H3,(H,14,15);2*1H4. The summed E-state index contributed by atoms with van der Waals surface area (Å²) in [5, 5.41) is 9.92. The minimum atomic E-state index is -0.812. The molecular weight excluding hydrogens is 1390 g/mol. The second-order valence-corrected chi connectivity index (χ2v) is 26.6. The van der Waals surface area contributed by atoms with Crippen LogP contribution in [0.1, 0.15) is 242 Å². The highest BCUT2D eigenvalue weighted by molar-refractivity contribution is 6.55. The van der Waals surface area contributed by atoms with E-state index in [1.165, 1.54) is 0 Å². The van der Waals surface area contributed by atoms with Crippen molar-refractivity contribution in [2.75, 3.05) is 13.2 Å². The van der Waals surface area contributed by atoms with E-state index in [2.05, 4.69) is 54.8 Å². The van der Waals surface area contributed by atoms with Crippen molar-refractivity contribution in [3.05, 3.63) is 236 Å². The molecule has 6 aromatic carbocycles. The molecule has 1 unspecified atom stereocenters. The van der Waals surface area contributed by atoms with E-state index in [1.54, 1.807) is 115 Å². The average Bonchev–Trinajstić information content (AvgIpc) is 1.69. The third-order valence-corrected chi connectivity index (χ3v) is 19.3. The first-order chi connectivity index (χ1) is 51.5. The number of H-pyrrole nitrogens is 5. The van der Waals surface area contributed by atoms with Gasteiger partial charge in [-0.25, -0.2) is 29.9 Å². The molecule has 6 N–H and O–H groups in total. The summed E-state index contributed by atoms with van der Waals surface area (Å²) in [6.45, 7) is 12.7. The van der Waals surface area contributed by atoms with Crippen LogP contribution >= 0.6 is 0 Å². The van der Waals surface area contributed by atoms with Crippen molar-refractivity contribution in [3.63, 3.8) is 0 Å². The molecule has 1 saturated heterocycles. The molecule has 0 radical (unpaired) electrons. The molecule has 26 nitrogen and oxygen atoms in total. The van der Waals surface area contributed by atoms with Gasteiger partial charge in [-0.05, 0) is 33.6 Å². The summed E-state index contributed by atoms with van der Waals surface area (Å²) >= 11 is 0. The number of aryl methyl sites for hydroxylation is 1. The van der Waals surface area contributed by atoms with Crippen LogP contribution in [0.5, 0.6) is 0 Å². The summed E-state index contributed by atoms with van der Waals surface area (Å²) in [5.41, 5.74) is 10.7. The topological polar surface area (TPSA) is 396 Å². The number of aliphatic hydroxyl groups excluding tert-OH is 1. The molecule has 12 aromatic rings. The highest BCUT2D eigenvalue weighted by atomic mass is 16.5. The van der Waals surface area contributed by atoms with E-state index in [4.69, 9.17) is 4.74 Å². The second kappa shape index (κ2) is 29.1. The fourth-order valence-electron chi connectivity index (χ4n) is 14.0. The van der Waals surface area contributed by atoms with E-state index in [1.807, 2.05) is 77.1 Å². The Balaban J connectivity index is 0.000000121. The Morgan fingerprint density at radius 3 is 1.05 bits per heavy atom. The number of carbonyl (C=O) groups is 12. The lowest BCUT2D eigenvalue weighted by Crippen LogP contribution is -2.25. The van der Waals surface area contributed by atoms with Gasteiger partial charge < -0.3 is 39.3 Å². The monoisotopic (exact) mass is 1460 g/mol. The zero-order valence-corrected chi connectivity index (χ0v) is 58.1. The smallest absolute Gasteiger partial charge is 0.252 e. The maximum absolute atomic E-state index is 12.5. The van der Waals surface area contributed by atoms with Crippen LogP contribution < -0.4 is 0 Å². The van der Waals surface area contributed by atoms with Crippen LogP contribution in [0.2, 0.25) is 0 Å². The minimum absolute atomic E-state index is 0. The first-order valence-electron chi connectivity index (χ1n) is 34.5. The zero-order valence-electron chi connectivity index (χ0n) is 58.1. The molecular formula is C83H70N12O14. The molecule has 1 aliphatic heterocycles. The van der Waals surface area contributed by atoms with Crippen molar-refractivity contribution in [3.8, 4) is 79.2 Å². The Bertz CT molecular complexity index is 5790. The van der Waals surface area contributed by atoms with Gasteiger partial charge in [0.15, 0.2) is 11.6 Å². The van der Waals surface area contributed by atoms with E-state index >= 15 is 0 Å². The van der Waals surface area contributed by atoms with Crippen LogP contribution in [0.25, 0.3) is 79.2 Å². The zero-order chi connectivity index (χ0) is 75.1. The summed E-state index contributed by atoms with van der Waals surface area (Å²) in [7, 11) is 0. The fraction of sp³-hybridized carbons (Fsp3) is 0.205. The van der Waals surface area contributed by atoms with Gasteiger partial charge in [0.05, 0.1) is 0 Å². The van der Waals surface area contributed by atoms with Gasteiger partial charge in [-0.2, -0.15) is 0 Å². The minimum Gasteiger partial charge on any atom is -0.385 e. The maximum Gasteiger partial charge on any atom is 0.252 e. The van der Waals surface area contributed by atoms with E-state index < -0.39 is 75.5 Å². The van der Waals surface area contributed by atoms with Crippen molar-refractivity contribution in [1.82, 2.24) is 59.4 Å². The summed E-state index contributed by atoms with van der Waals surface area (Å²) < 4.78 is 7.02. The number of aliphatic hydroxyl groups is 1. The third-order valence-electron chi connectivity index (χ3n) is 19.3. The van der Waals surface area contributed by atoms with Gasteiger partial charge in [0.2, 0.25) is 34.7 Å². The summed E-state index contributed by atoms with van der Waals surface area (Å²) in [4.78, 5) is 188. The number of rotatable bonds is 6. The van der Waals surface area contributed by atoms with Crippen LogP contribution in [0.4, 0.5) is 0 Å². The van der Waals surface area contributed by atoms with Gasteiger partial charge >= 0.3 is 0 Å². The third kappa shape index (κ3) is 12.5. The van der Waals surface area contributed by atoms with Gasteiger partial charge in [0, 0.05) is 104 Å². The number of nitrogens with zero attached hydrogens (tertiary/aromatic N) is 7. The Morgan fingerprint density at radius 1 is 0.376 bits per heavy atom. The van der Waals surface area contributed by atoms with Crippen LogP contribution in [-0.4, -0.2) is 147 Å². The van der Waals surface area contributed by atoms with Gasteiger partial charge in [-0.15, -0.1) is 0 Å². The van der Waals surface area contributed by atoms with E-state index in [0.29, 0.717) is 127 Å². The number of fused-ring (bicyclic) bond motifs is 18. The summed E-state index contributed by atoms with van der Waals surface area (Å²) in [6.07, 6.45) is 1.66. The number of hydrogen-bond donors (Lipinski definition) is 6. The molecule has 7 aliphatic rings. The van der Waals surface area contributed by atoms with E-state index in [9.17, 15) is 62.6 Å². The Kier molecular flexibility index (Phi) is 19.7. The molecule has 0 spiro atoms. The Labute approximate surface area is 621 Å². The molecule has 0 amide bonds. The van der Waals surface area contributed by atoms with Crippen LogP contribution in [0.15, 0.2) is 146 Å². The number of aromatic amines is 5. The number of benzene rings is 6. The number of ketones is 12. The lowest BCUT2D eigenvalue weighted by atomic mass is 9.90. The first kappa shape index (κ1) is 73.8. The number of ether oxygens (including phenoxy) is 1. The quantitative estimate of drug-likeness (QED) is 0.0842. The number of hydrogen-bond acceptors (Lipinski definition) is 20. The molecule has 0 bridgehead atoms. The molecule has 109 heavy (non-hydrogen) atoms. The molecule has 1 atom stereocenters. The number of nitrogens with one attached hydrogen (secondary N) is 5. The van der Waals surface area contributed by atoms with Crippen molar-refractivity contribution in [2.24, 2.45) is 0 Å². The second-order valence-electron chi connectivity index (χ2n) is 26.6. The lowest BCUT2D eigenvalue weighted by molar-refractivity contribution is 0.0808. The molecule has 19 rings (SSSR count). The van der Waals surface area contributed by atoms with Gasteiger partial charge in [0.25, 0.3) is 34.7 Å². The largest absolute Gasteiger partial charge is 0.385 e. The SMILES string of the molecule is C.C.CC(C)c1nc2c([nH]1)C(=O)C(=O)c1ccccc1-2.CC(O)c1nc2c(n1C(C)C)C(=O)C(=O)c1ccccc1-2.CCc1nc2c([nH]1)C(=O)C(=O)c1ccccc1-2.O=C1C(=O)c2[nH]c(-c3nc4c([nH]3)C(=O)C(=O)c3ccccc3-4)nc2-c2ccccc21.O=C1C(=O)c2[nH]c(C3CCOCC3)nc2-c2ccccc21.